The maximum Gasteiger partial charge on any atom is 0.305 e. The molecule has 0 unspecified atom stereocenters. The molecule has 434 valence electrons. The van der Waals surface area contributed by atoms with Crippen LogP contribution in [0.4, 0.5) is 0 Å². The second kappa shape index (κ2) is 30.8. The number of hydrogen-bond acceptors (Lipinski definition) is 13. The summed E-state index contributed by atoms with van der Waals surface area (Å²) >= 11 is 0. The molecule has 25 nitrogen and oxygen atoms in total. The number of fused-ring (bicyclic) bond motifs is 1. The molecule has 7 atom stereocenters. The quantitative estimate of drug-likeness (QED) is 0.0288. The highest BCUT2D eigenvalue weighted by atomic mass is 32.2. The van der Waals surface area contributed by atoms with Gasteiger partial charge in [-0.3, -0.25) is 52.5 Å². The molecule has 1 heterocycles. The number of primary amides is 1. The summed E-state index contributed by atoms with van der Waals surface area (Å²) in [6.07, 6.45) is 1.52. The minimum Gasteiger partial charge on any atom is -0.481 e. The van der Waals surface area contributed by atoms with Gasteiger partial charge in [0.2, 0.25) is 47.3 Å². The van der Waals surface area contributed by atoms with Crippen LogP contribution < -0.4 is 38.1 Å². The number of carboxylic acids is 2. The number of carboxylic acid groups (broad SMARTS) is 2. The minimum atomic E-state index is -4.37. The van der Waals surface area contributed by atoms with Crippen molar-refractivity contribution in [2.45, 2.75) is 133 Å². The molecule has 26 heteroatoms. The number of nitrogens with two attached hydrogens (primary N) is 2. The van der Waals surface area contributed by atoms with E-state index in [0.717, 1.165) is 9.80 Å². The van der Waals surface area contributed by atoms with Crippen molar-refractivity contribution < 1.29 is 71.1 Å². The number of nitrogens with zero attached hydrogens (tertiary/aromatic N) is 2. The van der Waals surface area contributed by atoms with Gasteiger partial charge in [0.05, 0.1) is 25.4 Å². The number of unbranched alkanes of at least 4 members (excludes halogenated alkanes) is 2. The number of amides is 8. The van der Waals surface area contributed by atoms with E-state index in [1.54, 1.807) is 60.8 Å². The van der Waals surface area contributed by atoms with E-state index in [4.69, 9.17) is 11.5 Å². The molecule has 4 aromatic rings. The number of hydrogen-bond donors (Lipinski definition) is 11. The van der Waals surface area contributed by atoms with Crippen LogP contribution in [0.25, 0.3) is 10.9 Å². The number of rotatable bonds is 33. The van der Waals surface area contributed by atoms with Crippen LogP contribution in [0, 0.1) is 0 Å². The van der Waals surface area contributed by atoms with Crippen LogP contribution in [0.5, 0.6) is 0 Å². The minimum absolute atomic E-state index is 0.00502. The van der Waals surface area contributed by atoms with Crippen LogP contribution in [-0.4, -0.2) is 160 Å². The standard InChI is InChI=1S/C54H72N10O15S/c1-5-7-17-39(60-51(73)41(62-49(71)37(55)27-46(66)67)24-33-20-22-34(23-21-33)31-80(77,78)79)50(72)58-30-45(65)59-42(26-35-29-57-38-19-13-12-16-36(35)38)52(74)61-40(18-8-6-2)53(75)64(4)44(28-47(68)69)54(76)63(3)43(48(56)70)25-32-14-10-9-11-15-32/h9-16,19-23,29,37,39-44,57H,5-8,17-18,24-28,30-31,55H2,1-4H3,(H2,56,70)(H,58,72)(H,59,65)(H,60,73)(H,61,74)(H,62,71)(H,66,67)(H,68,69)(H,77,78,79)/t37-,39-,40-,41-,42-,43-,44+/m0/s1. The third-order valence-corrected chi connectivity index (χ3v) is 13.9. The number of aliphatic carboxylic acids is 2. The second-order valence-corrected chi connectivity index (χ2v) is 20.9. The number of H-pyrrole nitrogens is 1. The van der Waals surface area contributed by atoms with Gasteiger partial charge in [-0.25, -0.2) is 0 Å². The molecule has 0 aliphatic carbocycles. The molecular weight excluding hydrogens is 1060 g/mol. The Hall–Kier alpha value is -8.23. The number of aromatic nitrogens is 1. The van der Waals surface area contributed by atoms with E-state index in [0.29, 0.717) is 53.3 Å². The van der Waals surface area contributed by atoms with Crippen molar-refractivity contribution in [3.05, 3.63) is 107 Å². The Bertz CT molecular complexity index is 2940. The van der Waals surface area contributed by atoms with E-state index in [1.165, 1.54) is 38.4 Å². The van der Waals surface area contributed by atoms with Crippen molar-refractivity contribution in [2.75, 3.05) is 20.6 Å². The van der Waals surface area contributed by atoms with Crippen molar-refractivity contribution >= 4 is 80.2 Å². The molecule has 0 saturated carbocycles. The monoisotopic (exact) mass is 1130 g/mol. The Labute approximate surface area is 463 Å². The molecule has 80 heavy (non-hydrogen) atoms. The number of likely N-dealkylation sites (N-methyl/N-ethyl adjacent to an activating group) is 2. The van der Waals surface area contributed by atoms with Gasteiger partial charge in [0.15, 0.2) is 0 Å². The zero-order valence-corrected chi connectivity index (χ0v) is 45.8. The first-order valence-electron chi connectivity index (χ1n) is 25.9. The van der Waals surface area contributed by atoms with Crippen LogP contribution in [0.2, 0.25) is 0 Å². The highest BCUT2D eigenvalue weighted by molar-refractivity contribution is 7.85. The lowest BCUT2D eigenvalue weighted by Crippen LogP contribution is -2.59. The van der Waals surface area contributed by atoms with Gasteiger partial charge in [0, 0.05) is 50.5 Å². The maximum absolute atomic E-state index is 14.5. The Kier molecular flexibility index (Phi) is 24.7. The topological polar surface area (TPSA) is 400 Å². The number of benzene rings is 3. The first-order valence-corrected chi connectivity index (χ1v) is 27.5. The normalized spacial score (nSPS) is 13.9. The van der Waals surface area contributed by atoms with Gasteiger partial charge in [-0.05, 0) is 41.2 Å². The molecule has 0 bridgehead atoms. The SMILES string of the molecule is CCCC[C@H](NC(=O)[C@H](Cc1ccc(CS(=O)(=O)O)cc1)NC(=O)[C@@H](N)CC(=O)O)C(=O)NCC(=O)N[C@@H](Cc1c[nH]c2ccccc12)C(=O)N[C@@H](CCCC)C(=O)N(C)[C@H](CC(=O)O)C(=O)N(C)[C@@H](Cc1ccccc1)C(N)=O. The summed E-state index contributed by atoms with van der Waals surface area (Å²) in [6.45, 7) is 2.92. The summed E-state index contributed by atoms with van der Waals surface area (Å²) in [5, 5.41) is 32.7. The first-order chi connectivity index (χ1) is 37.8. The molecule has 0 aliphatic rings. The molecule has 0 radical (unpaired) electrons. The molecule has 0 fully saturated rings. The number of aromatic amines is 1. The maximum atomic E-state index is 14.5. The van der Waals surface area contributed by atoms with E-state index >= 15 is 0 Å². The Morgan fingerprint density at radius 1 is 0.600 bits per heavy atom. The second-order valence-electron chi connectivity index (χ2n) is 19.4. The molecule has 13 N–H and O–H groups in total. The van der Waals surface area contributed by atoms with Crippen molar-refractivity contribution in [2.24, 2.45) is 11.5 Å². The fourth-order valence-corrected chi connectivity index (χ4v) is 9.36. The Morgan fingerprint density at radius 3 is 1.71 bits per heavy atom. The third-order valence-electron chi connectivity index (χ3n) is 13.2. The Morgan fingerprint density at radius 2 is 1.12 bits per heavy atom. The largest absolute Gasteiger partial charge is 0.481 e. The van der Waals surface area contributed by atoms with E-state index in [-0.39, 0.29) is 37.7 Å². The average Bonchev–Trinajstić information content (AvgIpc) is 3.82. The van der Waals surface area contributed by atoms with Crippen molar-refractivity contribution in [1.82, 2.24) is 41.4 Å². The Balaban J connectivity index is 1.58. The molecule has 3 aromatic carbocycles. The van der Waals surface area contributed by atoms with Gasteiger partial charge < -0.3 is 63.0 Å². The molecule has 1 aromatic heterocycles. The molecule has 0 spiro atoms. The molecule has 0 saturated heterocycles. The zero-order chi connectivity index (χ0) is 59.3. The lowest BCUT2D eigenvalue weighted by Gasteiger charge is -2.35. The highest BCUT2D eigenvalue weighted by Crippen LogP contribution is 2.21. The predicted octanol–water partition coefficient (Wildman–Crippen LogP) is 0.435. The van der Waals surface area contributed by atoms with Gasteiger partial charge in [-0.2, -0.15) is 8.42 Å². The fourth-order valence-electron chi connectivity index (χ4n) is 8.75. The number of nitrogens with one attached hydrogen (secondary N) is 6. The van der Waals surface area contributed by atoms with E-state index in [9.17, 15) is 71.1 Å². The summed E-state index contributed by atoms with van der Waals surface area (Å²) in [6, 6.07) is 11.4. The zero-order valence-electron chi connectivity index (χ0n) is 45.0. The first kappa shape index (κ1) is 64.3. The summed E-state index contributed by atoms with van der Waals surface area (Å²) in [4.78, 5) is 139. The number of carbonyl (C=O) groups is 10. The van der Waals surface area contributed by atoms with Gasteiger partial charge in [0.1, 0.15) is 42.0 Å². The fraction of sp³-hybridized carbons (Fsp3) is 0.444. The van der Waals surface area contributed by atoms with Crippen molar-refractivity contribution in [1.29, 1.82) is 0 Å². The van der Waals surface area contributed by atoms with E-state index in [2.05, 4.69) is 31.6 Å². The average molecular weight is 1130 g/mol. The smallest absolute Gasteiger partial charge is 0.305 e. The lowest BCUT2D eigenvalue weighted by molar-refractivity contribution is -0.152. The van der Waals surface area contributed by atoms with Gasteiger partial charge in [-0.15, -0.1) is 0 Å². The molecular formula is C54H72N10O15S. The molecule has 0 aliphatic heterocycles. The van der Waals surface area contributed by atoms with Crippen LogP contribution in [0.1, 0.15) is 87.5 Å². The van der Waals surface area contributed by atoms with Gasteiger partial charge in [0.25, 0.3) is 10.1 Å². The molecule has 4 rings (SSSR count). The lowest BCUT2D eigenvalue weighted by atomic mass is 10.0. The van der Waals surface area contributed by atoms with Crippen LogP contribution in [0.3, 0.4) is 0 Å². The molecule has 8 amide bonds. The highest BCUT2D eigenvalue weighted by Gasteiger charge is 2.39. The predicted molar refractivity (Wildman–Crippen MR) is 292 cm³/mol. The summed E-state index contributed by atoms with van der Waals surface area (Å²) in [5.74, 6) is -10.6. The summed E-state index contributed by atoms with van der Waals surface area (Å²) in [5.41, 5.74) is 14.1. The summed E-state index contributed by atoms with van der Waals surface area (Å²) in [7, 11) is -1.89. The van der Waals surface area contributed by atoms with Crippen LogP contribution in [-0.2, 0) is 83.1 Å². The van der Waals surface area contributed by atoms with Crippen LogP contribution in [0.15, 0.2) is 85.1 Å². The number of para-hydroxylation sites is 1. The third kappa shape index (κ3) is 20.2. The van der Waals surface area contributed by atoms with Crippen molar-refractivity contribution in [3.63, 3.8) is 0 Å². The summed E-state index contributed by atoms with van der Waals surface area (Å²) < 4.78 is 32.1. The van der Waals surface area contributed by atoms with Crippen molar-refractivity contribution in [3.8, 4) is 0 Å². The van der Waals surface area contributed by atoms with Gasteiger partial charge >= 0.3 is 11.9 Å². The van der Waals surface area contributed by atoms with E-state index in [1.807, 2.05) is 13.8 Å². The van der Waals surface area contributed by atoms with Gasteiger partial charge in [-0.1, -0.05) is 112 Å². The number of carbonyl (C=O) groups excluding carboxylic acids is 8. The van der Waals surface area contributed by atoms with E-state index < -0.39 is 137 Å². The van der Waals surface area contributed by atoms with Crippen LogP contribution >= 0.6 is 0 Å².